The van der Waals surface area contributed by atoms with Crippen molar-refractivity contribution in [3.63, 3.8) is 0 Å². The van der Waals surface area contributed by atoms with E-state index in [9.17, 15) is 4.79 Å². The van der Waals surface area contributed by atoms with Gasteiger partial charge in [0.15, 0.2) is 5.82 Å². The molecule has 0 atom stereocenters. The number of nitrogens with zero attached hydrogens (tertiary/aromatic N) is 4. The molecule has 26 heavy (non-hydrogen) atoms. The fraction of sp³-hybridized carbons (Fsp3) is 0.450. The van der Waals surface area contributed by atoms with E-state index in [0.29, 0.717) is 17.3 Å². The van der Waals surface area contributed by atoms with Gasteiger partial charge in [0, 0.05) is 43.3 Å². The van der Waals surface area contributed by atoms with E-state index in [4.69, 9.17) is 0 Å². The number of carbonyl (C=O) groups excluding carboxylic acids is 1. The van der Waals surface area contributed by atoms with Crippen LogP contribution < -0.4 is 5.32 Å². The smallest absolute Gasteiger partial charge is 0.272 e. The number of piperazine rings is 1. The van der Waals surface area contributed by atoms with Crippen molar-refractivity contribution in [1.82, 2.24) is 19.8 Å². The average molecular weight is 353 g/mol. The second-order valence-electron chi connectivity index (χ2n) is 7.80. The van der Waals surface area contributed by atoms with Crippen molar-refractivity contribution in [1.29, 1.82) is 0 Å². The van der Waals surface area contributed by atoms with E-state index in [2.05, 4.69) is 48.0 Å². The zero-order valence-corrected chi connectivity index (χ0v) is 16.0. The molecule has 1 fully saturated rings. The van der Waals surface area contributed by atoms with Gasteiger partial charge in [-0.1, -0.05) is 30.3 Å². The van der Waals surface area contributed by atoms with Crippen LogP contribution in [0.4, 0.5) is 5.82 Å². The summed E-state index contributed by atoms with van der Waals surface area (Å²) in [5, 5.41) is 3.37. The lowest BCUT2D eigenvalue weighted by Crippen LogP contribution is -2.47. The first-order valence-corrected chi connectivity index (χ1v) is 9.02. The maximum Gasteiger partial charge on any atom is 0.272 e. The Hall–Kier alpha value is -2.47. The summed E-state index contributed by atoms with van der Waals surface area (Å²) < 4.78 is 0. The van der Waals surface area contributed by atoms with Gasteiger partial charge in [0.1, 0.15) is 11.5 Å². The first kappa shape index (κ1) is 18.3. The molecule has 1 aliphatic rings. The number of benzene rings is 1. The number of rotatable bonds is 3. The number of nitrogens with one attached hydrogen (secondary N) is 1. The molecular formula is C20H27N5O. The van der Waals surface area contributed by atoms with E-state index < -0.39 is 0 Å². The maximum atomic E-state index is 13.0. The number of anilines is 1. The molecule has 0 bridgehead atoms. The van der Waals surface area contributed by atoms with Gasteiger partial charge in [0.2, 0.25) is 0 Å². The third-order valence-electron chi connectivity index (χ3n) is 4.27. The highest BCUT2D eigenvalue weighted by atomic mass is 16.2. The summed E-state index contributed by atoms with van der Waals surface area (Å²) in [6.07, 6.45) is 0. The van der Waals surface area contributed by atoms with Crippen LogP contribution in [0.3, 0.4) is 0 Å². The van der Waals surface area contributed by atoms with Crippen molar-refractivity contribution in [2.24, 2.45) is 0 Å². The quantitative estimate of drug-likeness (QED) is 0.919. The molecular weight excluding hydrogens is 326 g/mol. The van der Waals surface area contributed by atoms with Crippen molar-refractivity contribution < 1.29 is 4.79 Å². The topological polar surface area (TPSA) is 61.4 Å². The molecule has 1 aromatic heterocycles. The van der Waals surface area contributed by atoms with Gasteiger partial charge in [-0.3, -0.25) is 4.79 Å². The van der Waals surface area contributed by atoms with Gasteiger partial charge in [-0.25, -0.2) is 9.97 Å². The van der Waals surface area contributed by atoms with Gasteiger partial charge >= 0.3 is 0 Å². The molecule has 1 aromatic carbocycles. The Morgan fingerprint density at radius 1 is 1.04 bits per heavy atom. The molecule has 0 aliphatic carbocycles. The molecule has 0 saturated carbocycles. The molecule has 0 radical (unpaired) electrons. The molecule has 6 heteroatoms. The first-order valence-electron chi connectivity index (χ1n) is 9.02. The second-order valence-corrected chi connectivity index (χ2v) is 7.80. The van der Waals surface area contributed by atoms with Crippen LogP contribution in [0.5, 0.6) is 0 Å². The summed E-state index contributed by atoms with van der Waals surface area (Å²) in [4.78, 5) is 26.3. The van der Waals surface area contributed by atoms with Crippen molar-refractivity contribution in [2.75, 3.05) is 38.5 Å². The Kier molecular flexibility index (Phi) is 5.23. The normalized spacial score (nSPS) is 15.8. The highest BCUT2D eigenvalue weighted by Gasteiger charge is 2.23. The molecule has 1 amide bonds. The average Bonchev–Trinajstić information content (AvgIpc) is 2.61. The summed E-state index contributed by atoms with van der Waals surface area (Å²) >= 11 is 0. The predicted octanol–water partition coefficient (Wildman–Crippen LogP) is 2.74. The number of amides is 1. The van der Waals surface area contributed by atoms with E-state index >= 15 is 0 Å². The standard InChI is InChI=1S/C20H27N5O/c1-20(2,3)23-17-14-16(19(26)25-12-10-24(4)11-13-25)21-18(22-17)15-8-6-5-7-9-15/h5-9,14H,10-13H2,1-4H3,(H,21,22,23). The van der Waals surface area contributed by atoms with Crippen LogP contribution in [0, 0.1) is 0 Å². The molecule has 1 saturated heterocycles. The van der Waals surface area contributed by atoms with Gasteiger partial charge < -0.3 is 15.1 Å². The van der Waals surface area contributed by atoms with Crippen molar-refractivity contribution in [3.05, 3.63) is 42.1 Å². The summed E-state index contributed by atoms with van der Waals surface area (Å²) in [6.45, 7) is 9.42. The van der Waals surface area contributed by atoms with Crippen LogP contribution in [0.25, 0.3) is 11.4 Å². The van der Waals surface area contributed by atoms with E-state index in [1.807, 2.05) is 35.2 Å². The fourth-order valence-electron chi connectivity index (χ4n) is 2.89. The Balaban J connectivity index is 1.95. The highest BCUT2D eigenvalue weighted by molar-refractivity contribution is 5.93. The monoisotopic (exact) mass is 353 g/mol. The number of aromatic nitrogens is 2. The maximum absolute atomic E-state index is 13.0. The molecule has 2 heterocycles. The van der Waals surface area contributed by atoms with Crippen molar-refractivity contribution >= 4 is 11.7 Å². The first-order chi connectivity index (χ1) is 12.3. The summed E-state index contributed by atoms with van der Waals surface area (Å²) in [5.41, 5.74) is 1.18. The van der Waals surface area contributed by atoms with Gasteiger partial charge in [-0.2, -0.15) is 0 Å². The number of hydrogen-bond donors (Lipinski definition) is 1. The van der Waals surface area contributed by atoms with Gasteiger partial charge in [0.25, 0.3) is 5.91 Å². The Labute approximate surface area is 155 Å². The lowest BCUT2D eigenvalue weighted by molar-refractivity contribution is 0.0658. The minimum Gasteiger partial charge on any atom is -0.365 e. The van der Waals surface area contributed by atoms with E-state index in [-0.39, 0.29) is 11.4 Å². The Morgan fingerprint density at radius 2 is 1.69 bits per heavy atom. The van der Waals surface area contributed by atoms with Crippen LogP contribution in [0.15, 0.2) is 36.4 Å². The molecule has 3 rings (SSSR count). The zero-order valence-electron chi connectivity index (χ0n) is 16.0. The van der Waals surface area contributed by atoms with Crippen LogP contribution in [-0.2, 0) is 0 Å². The predicted molar refractivity (Wildman–Crippen MR) is 104 cm³/mol. The van der Waals surface area contributed by atoms with Crippen molar-refractivity contribution in [2.45, 2.75) is 26.3 Å². The molecule has 1 aliphatic heterocycles. The van der Waals surface area contributed by atoms with E-state index in [1.165, 1.54) is 0 Å². The molecule has 0 spiro atoms. The van der Waals surface area contributed by atoms with Crippen LogP contribution in [0.2, 0.25) is 0 Å². The van der Waals surface area contributed by atoms with Gasteiger partial charge in [0.05, 0.1) is 0 Å². The fourth-order valence-corrected chi connectivity index (χ4v) is 2.89. The van der Waals surface area contributed by atoms with Gasteiger partial charge in [-0.05, 0) is 27.8 Å². The molecule has 138 valence electrons. The van der Waals surface area contributed by atoms with Crippen LogP contribution in [-0.4, -0.2) is 64.4 Å². The zero-order chi connectivity index (χ0) is 18.7. The second kappa shape index (κ2) is 7.41. The minimum absolute atomic E-state index is 0.0327. The minimum atomic E-state index is -0.156. The SMILES string of the molecule is CN1CCN(C(=O)c2cc(NC(C)(C)C)nc(-c3ccccc3)n2)CC1. The van der Waals surface area contributed by atoms with Crippen molar-refractivity contribution in [3.8, 4) is 11.4 Å². The van der Waals surface area contributed by atoms with Crippen LogP contribution in [0.1, 0.15) is 31.3 Å². The highest BCUT2D eigenvalue weighted by Crippen LogP contribution is 2.21. The molecule has 0 unspecified atom stereocenters. The largest absolute Gasteiger partial charge is 0.365 e. The summed E-state index contributed by atoms with van der Waals surface area (Å²) in [6, 6.07) is 11.5. The van der Waals surface area contributed by atoms with Gasteiger partial charge in [-0.15, -0.1) is 0 Å². The number of hydrogen-bond acceptors (Lipinski definition) is 5. The van der Waals surface area contributed by atoms with E-state index in [1.54, 1.807) is 6.07 Å². The summed E-state index contributed by atoms with van der Waals surface area (Å²) in [7, 11) is 2.07. The lowest BCUT2D eigenvalue weighted by Gasteiger charge is -2.32. The summed E-state index contributed by atoms with van der Waals surface area (Å²) in [5.74, 6) is 1.20. The Bertz CT molecular complexity index is 762. The molecule has 1 N–H and O–H groups in total. The lowest BCUT2D eigenvalue weighted by atomic mass is 10.1. The third kappa shape index (κ3) is 4.58. The van der Waals surface area contributed by atoms with E-state index in [0.717, 1.165) is 31.7 Å². The number of carbonyl (C=O) groups is 1. The number of likely N-dealkylation sites (N-methyl/N-ethyl adjacent to an activating group) is 1. The van der Waals surface area contributed by atoms with Crippen LogP contribution >= 0.6 is 0 Å². The molecule has 6 nitrogen and oxygen atoms in total. The Morgan fingerprint density at radius 3 is 2.31 bits per heavy atom. The third-order valence-corrected chi connectivity index (χ3v) is 4.27. The molecule has 2 aromatic rings.